The maximum atomic E-state index is 5.67. The summed E-state index contributed by atoms with van der Waals surface area (Å²) in [5.74, 6) is 0.702. The van der Waals surface area contributed by atoms with Crippen LogP contribution >= 0.6 is 0 Å². The van der Waals surface area contributed by atoms with Crippen LogP contribution in [0.15, 0.2) is 0 Å². The minimum atomic E-state index is 0.686. The minimum Gasteiger partial charge on any atom is -0.381 e. The number of rotatable bonds is 5. The second kappa shape index (κ2) is 7.34. The quantitative estimate of drug-likeness (QED) is 0.794. The van der Waals surface area contributed by atoms with Crippen LogP contribution in [0.3, 0.4) is 0 Å². The van der Waals surface area contributed by atoms with Crippen LogP contribution in [0.25, 0.3) is 0 Å². The van der Waals surface area contributed by atoms with Crippen LogP contribution in [-0.2, 0) is 4.74 Å². The number of ether oxygens (including phenoxy) is 1. The minimum absolute atomic E-state index is 0.686. The van der Waals surface area contributed by atoms with Crippen molar-refractivity contribution in [2.45, 2.75) is 45.1 Å². The highest BCUT2D eigenvalue weighted by molar-refractivity contribution is 4.82. The lowest BCUT2D eigenvalue weighted by Gasteiger charge is -2.37. The maximum Gasteiger partial charge on any atom is 0.0521 e. The summed E-state index contributed by atoms with van der Waals surface area (Å²) >= 11 is 0. The molecule has 3 nitrogen and oxygen atoms in total. The fraction of sp³-hybridized carbons (Fsp3) is 1.00. The van der Waals surface area contributed by atoms with E-state index >= 15 is 0 Å². The predicted octanol–water partition coefficient (Wildman–Crippen LogP) is 1.88. The summed E-state index contributed by atoms with van der Waals surface area (Å²) in [7, 11) is 0. The Morgan fingerprint density at radius 2 is 2.06 bits per heavy atom. The maximum absolute atomic E-state index is 5.67. The third-order valence-corrected chi connectivity index (χ3v) is 4.07. The second-order valence-corrected chi connectivity index (χ2v) is 5.55. The van der Waals surface area contributed by atoms with Gasteiger partial charge in [0.15, 0.2) is 0 Å². The lowest BCUT2D eigenvalue weighted by atomic mass is 9.94. The molecule has 2 saturated heterocycles. The largest absolute Gasteiger partial charge is 0.381 e. The van der Waals surface area contributed by atoms with Crippen molar-refractivity contribution < 1.29 is 4.74 Å². The van der Waals surface area contributed by atoms with Gasteiger partial charge in [-0.25, -0.2) is 0 Å². The fourth-order valence-electron chi connectivity index (χ4n) is 3.05. The molecule has 0 amide bonds. The van der Waals surface area contributed by atoms with Gasteiger partial charge in [0.1, 0.15) is 0 Å². The molecule has 2 aliphatic rings. The Hall–Kier alpha value is -0.120. The Bertz CT molecular complexity index is 204. The van der Waals surface area contributed by atoms with Gasteiger partial charge in [-0.3, -0.25) is 0 Å². The molecule has 3 heteroatoms. The summed E-state index contributed by atoms with van der Waals surface area (Å²) in [5.41, 5.74) is 0. The summed E-state index contributed by atoms with van der Waals surface area (Å²) in [6.45, 7) is 9.14. The summed E-state index contributed by atoms with van der Waals surface area (Å²) in [6.07, 6.45) is 6.63. The number of hydrogen-bond acceptors (Lipinski definition) is 3. The van der Waals surface area contributed by atoms with Gasteiger partial charge in [-0.15, -0.1) is 0 Å². The van der Waals surface area contributed by atoms with Crippen molar-refractivity contribution in [2.75, 3.05) is 39.4 Å². The molecule has 0 saturated carbocycles. The molecule has 0 bridgehead atoms. The predicted molar refractivity (Wildman–Crippen MR) is 71.3 cm³/mol. The van der Waals surface area contributed by atoms with Crippen molar-refractivity contribution in [1.29, 1.82) is 0 Å². The average molecular weight is 240 g/mol. The molecule has 1 N–H and O–H groups in total. The Balaban J connectivity index is 1.78. The van der Waals surface area contributed by atoms with Crippen molar-refractivity contribution in [2.24, 2.45) is 5.92 Å². The van der Waals surface area contributed by atoms with Crippen molar-refractivity contribution in [3.8, 4) is 0 Å². The third kappa shape index (κ3) is 4.23. The zero-order valence-electron chi connectivity index (χ0n) is 11.3. The van der Waals surface area contributed by atoms with Crippen LogP contribution in [0.1, 0.15) is 39.0 Å². The van der Waals surface area contributed by atoms with Crippen LogP contribution in [-0.4, -0.2) is 50.3 Å². The van der Waals surface area contributed by atoms with Crippen LogP contribution < -0.4 is 5.32 Å². The van der Waals surface area contributed by atoms with Gasteiger partial charge in [0.05, 0.1) is 6.61 Å². The van der Waals surface area contributed by atoms with Gasteiger partial charge >= 0.3 is 0 Å². The summed E-state index contributed by atoms with van der Waals surface area (Å²) in [4.78, 5) is 2.64. The van der Waals surface area contributed by atoms with Gasteiger partial charge < -0.3 is 15.0 Å². The highest BCUT2D eigenvalue weighted by atomic mass is 16.5. The topological polar surface area (TPSA) is 24.5 Å². The monoisotopic (exact) mass is 240 g/mol. The molecule has 2 fully saturated rings. The van der Waals surface area contributed by atoms with E-state index < -0.39 is 0 Å². The molecule has 17 heavy (non-hydrogen) atoms. The first-order chi connectivity index (χ1) is 8.40. The Morgan fingerprint density at radius 3 is 2.82 bits per heavy atom. The highest BCUT2D eigenvalue weighted by Gasteiger charge is 2.27. The Kier molecular flexibility index (Phi) is 5.75. The van der Waals surface area contributed by atoms with Crippen molar-refractivity contribution in [1.82, 2.24) is 10.2 Å². The molecular formula is C14H28N2O. The first kappa shape index (κ1) is 13.3. The van der Waals surface area contributed by atoms with E-state index in [1.807, 2.05) is 0 Å². The molecule has 2 heterocycles. The van der Waals surface area contributed by atoms with Crippen LogP contribution in [0.5, 0.6) is 0 Å². The molecule has 2 unspecified atom stereocenters. The van der Waals surface area contributed by atoms with E-state index in [0.29, 0.717) is 12.0 Å². The summed E-state index contributed by atoms with van der Waals surface area (Å²) in [5, 5.41) is 3.70. The van der Waals surface area contributed by atoms with E-state index in [9.17, 15) is 0 Å². The van der Waals surface area contributed by atoms with E-state index in [-0.39, 0.29) is 0 Å². The van der Waals surface area contributed by atoms with Gasteiger partial charge in [0.2, 0.25) is 0 Å². The molecule has 0 spiro atoms. The molecular weight excluding hydrogens is 212 g/mol. The molecule has 2 aliphatic heterocycles. The number of hydrogen-bond donors (Lipinski definition) is 1. The van der Waals surface area contributed by atoms with E-state index in [2.05, 4.69) is 17.1 Å². The number of piperidine rings is 1. The van der Waals surface area contributed by atoms with Crippen molar-refractivity contribution >= 4 is 0 Å². The summed E-state index contributed by atoms with van der Waals surface area (Å²) < 4.78 is 5.67. The van der Waals surface area contributed by atoms with E-state index in [0.717, 1.165) is 19.8 Å². The number of nitrogens with one attached hydrogen (secondary N) is 1. The average Bonchev–Trinajstić information content (AvgIpc) is 2.39. The zero-order valence-corrected chi connectivity index (χ0v) is 11.3. The first-order valence-corrected chi connectivity index (χ1v) is 7.43. The van der Waals surface area contributed by atoms with Gasteiger partial charge in [-0.1, -0.05) is 13.3 Å². The van der Waals surface area contributed by atoms with Gasteiger partial charge in [-0.2, -0.15) is 0 Å². The molecule has 100 valence electrons. The summed E-state index contributed by atoms with van der Waals surface area (Å²) in [6, 6.07) is 0.686. The van der Waals surface area contributed by atoms with Crippen molar-refractivity contribution in [3.05, 3.63) is 0 Å². The fourth-order valence-corrected chi connectivity index (χ4v) is 3.05. The zero-order chi connectivity index (χ0) is 11.9. The molecule has 0 radical (unpaired) electrons. The molecule has 0 aliphatic carbocycles. The molecule has 2 rings (SSSR count). The van der Waals surface area contributed by atoms with Gasteiger partial charge in [-0.05, 0) is 45.3 Å². The normalized spacial score (nSPS) is 31.6. The standard InChI is InChI=1S/C14H28N2O/c1-2-7-15-14-6-10-17-12-13(14)11-16-8-4-3-5-9-16/h13-15H,2-12H2,1H3. The van der Waals surface area contributed by atoms with E-state index in [4.69, 9.17) is 4.74 Å². The second-order valence-electron chi connectivity index (χ2n) is 5.55. The molecule has 0 aromatic carbocycles. The van der Waals surface area contributed by atoms with E-state index in [1.165, 1.54) is 51.7 Å². The van der Waals surface area contributed by atoms with Crippen LogP contribution in [0.2, 0.25) is 0 Å². The lowest BCUT2D eigenvalue weighted by molar-refractivity contribution is 0.0141. The first-order valence-electron chi connectivity index (χ1n) is 7.43. The van der Waals surface area contributed by atoms with Gasteiger partial charge in [0, 0.05) is 25.1 Å². The lowest BCUT2D eigenvalue weighted by Crippen LogP contribution is -2.48. The van der Waals surface area contributed by atoms with Gasteiger partial charge in [0.25, 0.3) is 0 Å². The molecule has 0 aromatic rings. The Labute approximate surface area is 106 Å². The van der Waals surface area contributed by atoms with E-state index in [1.54, 1.807) is 0 Å². The SMILES string of the molecule is CCCNC1CCOCC1CN1CCCCC1. The van der Waals surface area contributed by atoms with Crippen LogP contribution in [0, 0.1) is 5.92 Å². The third-order valence-electron chi connectivity index (χ3n) is 4.07. The van der Waals surface area contributed by atoms with Crippen LogP contribution in [0.4, 0.5) is 0 Å². The van der Waals surface area contributed by atoms with Crippen molar-refractivity contribution in [3.63, 3.8) is 0 Å². The number of likely N-dealkylation sites (tertiary alicyclic amines) is 1. The highest BCUT2D eigenvalue weighted by Crippen LogP contribution is 2.18. The smallest absolute Gasteiger partial charge is 0.0521 e. The Morgan fingerprint density at radius 1 is 1.24 bits per heavy atom. The number of nitrogens with zero attached hydrogens (tertiary/aromatic N) is 1. The molecule has 0 aromatic heterocycles. The molecule has 2 atom stereocenters.